The molecule has 4 aliphatic heterocycles. The number of rotatable bonds is 14. The first-order chi connectivity index (χ1) is 32.2. The van der Waals surface area contributed by atoms with Crippen molar-refractivity contribution in [3.05, 3.63) is 87.0 Å². The largest absolute Gasteiger partial charge is 0.507 e. The number of aliphatic hydroxyl groups is 1. The Kier molecular flexibility index (Phi) is 13.4. The van der Waals surface area contributed by atoms with E-state index in [2.05, 4.69) is 15.3 Å². The number of ether oxygens (including phenoxy) is 6. The van der Waals surface area contributed by atoms with Crippen LogP contribution in [0.1, 0.15) is 106 Å². The fourth-order valence-corrected chi connectivity index (χ4v) is 10.8. The van der Waals surface area contributed by atoms with Crippen LogP contribution in [0.15, 0.2) is 42.5 Å². The summed E-state index contributed by atoms with van der Waals surface area (Å²) in [5.74, 6) is -3.32. The van der Waals surface area contributed by atoms with Crippen LogP contribution in [0.25, 0.3) is 0 Å². The van der Waals surface area contributed by atoms with Crippen molar-refractivity contribution in [2.75, 3.05) is 47.0 Å². The number of morpholine rings is 1. The summed E-state index contributed by atoms with van der Waals surface area (Å²) in [7, 11) is 2.88. The number of hydrogen-bond acceptors (Lipinski definition) is 17. The normalized spacial score (nSPS) is 28.5. The molecule has 358 valence electrons. The number of methoxy groups -OCH3 is 2. The summed E-state index contributed by atoms with van der Waals surface area (Å²) in [4.78, 5) is 77.2. The number of Topliss-reactive ketones (excluding diaryl/α,β-unsaturated/α-hetero) is 2. The lowest BCUT2D eigenvalue weighted by atomic mass is 9.72. The Morgan fingerprint density at radius 2 is 1.66 bits per heavy atom. The Bertz CT molecular complexity index is 2440. The predicted molar refractivity (Wildman–Crippen MR) is 234 cm³/mol. The van der Waals surface area contributed by atoms with Gasteiger partial charge in [0.05, 0.1) is 55.8 Å². The number of carbonyl (C=O) groups excluding carboxylic acids is 5. The highest BCUT2D eigenvalue weighted by atomic mass is 16.7. The lowest BCUT2D eigenvalue weighted by Crippen LogP contribution is -2.55. The molecule has 2 aliphatic carbocycles. The quantitative estimate of drug-likeness (QED) is 0.105. The topological polar surface area (TPSA) is 229 Å². The number of fused-ring (bicyclic) bond motifs is 6. The molecule has 1 amide bonds. The molecule has 4 N–H and O–H groups in total. The fourth-order valence-electron chi connectivity index (χ4n) is 10.8. The Hall–Kier alpha value is -5.15. The molecule has 6 aliphatic rings. The Balaban J connectivity index is 0.923. The lowest BCUT2D eigenvalue weighted by molar-refractivity contribution is -0.256. The molecule has 9 rings (SSSR count). The van der Waals surface area contributed by atoms with Gasteiger partial charge in [0.25, 0.3) is 5.91 Å². The van der Waals surface area contributed by atoms with Crippen molar-refractivity contribution in [3.8, 4) is 17.2 Å². The molecule has 0 unspecified atom stereocenters. The number of hydroxylamine groups is 1. The number of nitrogens with one attached hydrogen (secondary N) is 1. The second-order valence-corrected chi connectivity index (χ2v) is 18.3. The van der Waals surface area contributed by atoms with Crippen LogP contribution in [-0.4, -0.2) is 144 Å². The Morgan fingerprint density at radius 1 is 0.925 bits per heavy atom. The van der Waals surface area contributed by atoms with E-state index < -0.39 is 89.6 Å². The molecular formula is C49H57N3O15. The zero-order valence-electron chi connectivity index (χ0n) is 38.0. The molecule has 0 aromatic heterocycles. The van der Waals surface area contributed by atoms with Gasteiger partial charge in [-0.1, -0.05) is 43.3 Å². The molecule has 0 bridgehead atoms. The minimum Gasteiger partial charge on any atom is -0.507 e. The van der Waals surface area contributed by atoms with E-state index in [4.69, 9.17) is 33.3 Å². The summed E-state index contributed by atoms with van der Waals surface area (Å²) in [6.07, 6.45) is -2.88. The molecule has 4 heterocycles. The van der Waals surface area contributed by atoms with Crippen LogP contribution in [-0.2, 0) is 62.4 Å². The third-order valence-electron chi connectivity index (χ3n) is 14.2. The molecule has 0 spiro atoms. The Morgan fingerprint density at radius 3 is 2.37 bits per heavy atom. The number of piperidine rings is 1. The zero-order valence-corrected chi connectivity index (χ0v) is 38.0. The van der Waals surface area contributed by atoms with Gasteiger partial charge < -0.3 is 43.7 Å². The van der Waals surface area contributed by atoms with Crippen molar-refractivity contribution in [1.29, 1.82) is 0 Å². The monoisotopic (exact) mass is 927 g/mol. The highest BCUT2D eigenvalue weighted by molar-refractivity contribution is 6.31. The first kappa shape index (κ1) is 46.9. The average Bonchev–Trinajstić information content (AvgIpc) is 3.71. The number of nitrogens with zero attached hydrogens (tertiary/aromatic N) is 2. The predicted octanol–water partition coefficient (Wildman–Crippen LogP) is 3.20. The fraction of sp³-hybridized carbons (Fsp3) is 0.531. The van der Waals surface area contributed by atoms with Gasteiger partial charge in [0.1, 0.15) is 29.1 Å². The molecule has 67 heavy (non-hydrogen) atoms. The van der Waals surface area contributed by atoms with E-state index >= 15 is 0 Å². The van der Waals surface area contributed by atoms with Crippen LogP contribution in [0.3, 0.4) is 0 Å². The SMILES string of the molecule is CCC(=O)C1CCN(CC(=O)Cc2ccc(CONC(=O)[C@]3(O)Cc4c(O)c5c(c(O)c4[C@@H](O[C@H]4C[C@H]6[C@H](O[C@@H]7[C@@H](OC)OCCN76)[C@H](C)O4)C3)C(=O)c3c(OC)cccc3C5=O)cc2)CC1. The molecule has 18 nitrogen and oxygen atoms in total. The van der Waals surface area contributed by atoms with E-state index in [0.717, 1.165) is 18.4 Å². The van der Waals surface area contributed by atoms with Crippen LogP contribution >= 0.6 is 0 Å². The molecule has 3 aromatic carbocycles. The van der Waals surface area contributed by atoms with Crippen LogP contribution < -0.4 is 10.2 Å². The van der Waals surface area contributed by atoms with Crippen molar-refractivity contribution in [2.45, 2.75) is 114 Å². The third-order valence-corrected chi connectivity index (χ3v) is 14.2. The summed E-state index contributed by atoms with van der Waals surface area (Å²) in [6, 6.07) is 11.4. The second-order valence-electron chi connectivity index (χ2n) is 18.3. The van der Waals surface area contributed by atoms with Gasteiger partial charge in [0.15, 0.2) is 36.0 Å². The maximum Gasteiger partial charge on any atom is 0.275 e. The van der Waals surface area contributed by atoms with Crippen molar-refractivity contribution in [2.24, 2.45) is 5.92 Å². The molecule has 4 saturated heterocycles. The van der Waals surface area contributed by atoms with E-state index in [9.17, 15) is 39.3 Å². The summed E-state index contributed by atoms with van der Waals surface area (Å²) in [5.41, 5.74) is 0.151. The highest BCUT2D eigenvalue weighted by Crippen LogP contribution is 2.53. The number of amides is 1. The summed E-state index contributed by atoms with van der Waals surface area (Å²) in [6.45, 7) is 6.29. The van der Waals surface area contributed by atoms with Crippen molar-refractivity contribution < 1.29 is 72.6 Å². The summed E-state index contributed by atoms with van der Waals surface area (Å²) >= 11 is 0. The average molecular weight is 928 g/mol. The maximum atomic E-state index is 14.2. The van der Waals surface area contributed by atoms with E-state index in [-0.39, 0.29) is 77.1 Å². The number of hydrogen-bond donors (Lipinski definition) is 4. The number of likely N-dealkylation sites (tertiary alicyclic amines) is 1. The van der Waals surface area contributed by atoms with E-state index in [1.807, 2.05) is 13.8 Å². The maximum absolute atomic E-state index is 14.2. The smallest absolute Gasteiger partial charge is 0.275 e. The van der Waals surface area contributed by atoms with E-state index in [1.54, 1.807) is 24.3 Å². The first-order valence-electron chi connectivity index (χ1n) is 23.0. The standard InChI is InChI=1S/C49H57N3O15/c1-5-33(54)28-13-15-51(16-14-28)23-29(53)19-26-9-11-27(12-10-26)24-64-50-48(59)49(60)21-31-38(44(58)40-39(42(31)56)41(55)30-7-6-8-34(61-3)37(30)43(40)57)35(22-49)66-36-20-32-45(25(2)65-36)67-46-47(62-4)63-18-17-52(32)46/h6-12,25,28,32,35-36,45-47,56,58,60H,5,13-24H2,1-4H3,(H,50,59)/t25-,32-,35-,36-,45+,46+,47-,49-/m0/s1. The summed E-state index contributed by atoms with van der Waals surface area (Å²) < 4.78 is 36.0. The van der Waals surface area contributed by atoms with Gasteiger partial charge in [-0.25, -0.2) is 5.48 Å². The van der Waals surface area contributed by atoms with Gasteiger partial charge in [-0.2, -0.15) is 0 Å². The lowest BCUT2D eigenvalue weighted by Gasteiger charge is -2.43. The third kappa shape index (κ3) is 8.79. The van der Waals surface area contributed by atoms with Crippen LogP contribution in [0, 0.1) is 5.92 Å². The minimum atomic E-state index is -2.34. The molecule has 8 atom stereocenters. The van der Waals surface area contributed by atoms with E-state index in [1.165, 1.54) is 32.4 Å². The number of aromatic hydroxyl groups is 2. The van der Waals surface area contributed by atoms with Gasteiger partial charge in [-0.3, -0.25) is 38.6 Å². The number of phenolic OH excluding ortho intramolecular Hbond substituents is 2. The molecule has 4 fully saturated rings. The highest BCUT2D eigenvalue weighted by Gasteiger charge is 2.55. The van der Waals surface area contributed by atoms with Gasteiger partial charge in [0, 0.05) is 74.4 Å². The van der Waals surface area contributed by atoms with Crippen molar-refractivity contribution >= 4 is 29.0 Å². The molecular weight excluding hydrogens is 871 g/mol. The van der Waals surface area contributed by atoms with Crippen LogP contribution in [0.2, 0.25) is 0 Å². The zero-order chi connectivity index (χ0) is 47.3. The van der Waals surface area contributed by atoms with Crippen LogP contribution in [0.4, 0.5) is 0 Å². The van der Waals surface area contributed by atoms with Gasteiger partial charge in [-0.15, -0.1) is 0 Å². The molecule has 3 aromatic rings. The van der Waals surface area contributed by atoms with Gasteiger partial charge in [-0.05, 0) is 50.0 Å². The number of ketones is 4. The number of carbonyl (C=O) groups is 5. The number of phenols is 2. The van der Waals surface area contributed by atoms with E-state index in [0.29, 0.717) is 44.8 Å². The minimum absolute atomic E-state index is 0.0521. The van der Waals surface area contributed by atoms with Gasteiger partial charge >= 0.3 is 0 Å². The molecule has 0 radical (unpaired) electrons. The van der Waals surface area contributed by atoms with Crippen LogP contribution in [0.5, 0.6) is 17.2 Å². The van der Waals surface area contributed by atoms with Gasteiger partial charge in [0.2, 0.25) is 5.78 Å². The molecule has 0 saturated carbocycles. The molecule has 18 heteroatoms. The first-order valence-corrected chi connectivity index (χ1v) is 23.0. The van der Waals surface area contributed by atoms with Crippen molar-refractivity contribution in [3.63, 3.8) is 0 Å². The van der Waals surface area contributed by atoms with Crippen molar-refractivity contribution in [1.82, 2.24) is 15.3 Å². The Labute approximate surface area is 387 Å². The second kappa shape index (κ2) is 19.1. The number of benzene rings is 3. The summed E-state index contributed by atoms with van der Waals surface area (Å²) in [5, 5.41) is 36.4.